The number of aromatic nitrogens is 1. The standard InChI is InChI=1S/C14H18BrN/c1-14(2)10-4-5-12(14)11(7-10)9-3-6-13(15)16-8-9/h3,6,8,10-12H,4-5,7H2,1-2H3/t10?,11-,12?/m1/s1. The Kier molecular flexibility index (Phi) is 2.39. The van der Waals surface area contributed by atoms with Gasteiger partial charge in [0.05, 0.1) is 0 Å². The zero-order valence-electron chi connectivity index (χ0n) is 9.91. The Balaban J connectivity index is 1.91. The summed E-state index contributed by atoms with van der Waals surface area (Å²) in [7, 11) is 0. The first-order valence-corrected chi connectivity index (χ1v) is 7.00. The summed E-state index contributed by atoms with van der Waals surface area (Å²) in [6.45, 7) is 4.92. The van der Waals surface area contributed by atoms with Crippen molar-refractivity contribution in [2.24, 2.45) is 17.3 Å². The second kappa shape index (κ2) is 3.56. The number of rotatable bonds is 1. The second-order valence-electron chi connectivity index (χ2n) is 5.96. The van der Waals surface area contributed by atoms with Crippen molar-refractivity contribution in [1.29, 1.82) is 0 Å². The van der Waals surface area contributed by atoms with E-state index in [0.717, 1.165) is 22.4 Å². The summed E-state index contributed by atoms with van der Waals surface area (Å²) in [5.41, 5.74) is 2.00. The summed E-state index contributed by atoms with van der Waals surface area (Å²) < 4.78 is 0.943. The molecule has 3 atom stereocenters. The minimum Gasteiger partial charge on any atom is -0.249 e. The zero-order valence-corrected chi connectivity index (χ0v) is 11.5. The number of fused-ring (bicyclic) bond motifs is 2. The highest BCUT2D eigenvalue weighted by Gasteiger charge is 2.53. The van der Waals surface area contributed by atoms with Gasteiger partial charge in [-0.05, 0) is 70.0 Å². The van der Waals surface area contributed by atoms with Gasteiger partial charge in [-0.3, -0.25) is 0 Å². The zero-order chi connectivity index (χ0) is 11.3. The van der Waals surface area contributed by atoms with Gasteiger partial charge in [0, 0.05) is 6.20 Å². The average molecular weight is 280 g/mol. The highest BCUT2D eigenvalue weighted by molar-refractivity contribution is 9.10. The monoisotopic (exact) mass is 279 g/mol. The van der Waals surface area contributed by atoms with Crippen LogP contribution in [0.15, 0.2) is 22.9 Å². The van der Waals surface area contributed by atoms with Crippen LogP contribution in [-0.2, 0) is 0 Å². The van der Waals surface area contributed by atoms with Gasteiger partial charge in [-0.2, -0.15) is 0 Å². The quantitative estimate of drug-likeness (QED) is 0.695. The lowest BCUT2D eigenvalue weighted by atomic mass is 9.78. The molecule has 0 aromatic carbocycles. The molecule has 16 heavy (non-hydrogen) atoms. The van der Waals surface area contributed by atoms with Crippen LogP contribution in [0.2, 0.25) is 0 Å². The molecule has 0 radical (unpaired) electrons. The first-order valence-electron chi connectivity index (χ1n) is 6.20. The van der Waals surface area contributed by atoms with Crippen LogP contribution in [0.3, 0.4) is 0 Å². The summed E-state index contributed by atoms with van der Waals surface area (Å²) in [6, 6.07) is 4.33. The van der Waals surface area contributed by atoms with Crippen molar-refractivity contribution in [1.82, 2.24) is 4.98 Å². The van der Waals surface area contributed by atoms with Gasteiger partial charge in [0.2, 0.25) is 0 Å². The Hall–Kier alpha value is -0.370. The Labute approximate surface area is 106 Å². The number of pyridine rings is 1. The molecule has 0 amide bonds. The number of halogens is 1. The molecular formula is C14H18BrN. The molecule has 0 N–H and O–H groups in total. The normalized spacial score (nSPS) is 35.6. The first kappa shape index (κ1) is 10.8. The number of hydrogen-bond acceptors (Lipinski definition) is 1. The molecular weight excluding hydrogens is 262 g/mol. The van der Waals surface area contributed by atoms with Gasteiger partial charge in [0.1, 0.15) is 4.60 Å². The van der Waals surface area contributed by atoms with Gasteiger partial charge < -0.3 is 0 Å². The van der Waals surface area contributed by atoms with Gasteiger partial charge in [-0.25, -0.2) is 4.98 Å². The van der Waals surface area contributed by atoms with Crippen LogP contribution in [0.5, 0.6) is 0 Å². The molecule has 2 fully saturated rings. The largest absolute Gasteiger partial charge is 0.249 e. The van der Waals surface area contributed by atoms with Crippen molar-refractivity contribution in [2.45, 2.75) is 39.0 Å². The number of nitrogens with zero attached hydrogens (tertiary/aromatic N) is 1. The van der Waals surface area contributed by atoms with Gasteiger partial charge in [0.15, 0.2) is 0 Å². The predicted octanol–water partition coefficient (Wildman–Crippen LogP) is 4.38. The van der Waals surface area contributed by atoms with Crippen LogP contribution in [-0.4, -0.2) is 4.98 Å². The van der Waals surface area contributed by atoms with E-state index in [1.165, 1.54) is 24.8 Å². The number of hydrogen-bond donors (Lipinski definition) is 0. The summed E-state index contributed by atoms with van der Waals surface area (Å²) in [6.07, 6.45) is 6.29. The van der Waals surface area contributed by atoms with E-state index in [1.807, 2.05) is 0 Å². The second-order valence-corrected chi connectivity index (χ2v) is 6.77. The Morgan fingerprint density at radius 1 is 1.31 bits per heavy atom. The van der Waals surface area contributed by atoms with Crippen molar-refractivity contribution in [2.75, 3.05) is 0 Å². The van der Waals surface area contributed by atoms with Crippen molar-refractivity contribution in [3.05, 3.63) is 28.5 Å². The van der Waals surface area contributed by atoms with Crippen molar-refractivity contribution in [3.63, 3.8) is 0 Å². The molecule has 86 valence electrons. The molecule has 2 bridgehead atoms. The summed E-state index contributed by atoms with van der Waals surface area (Å²) in [5.74, 6) is 2.57. The van der Waals surface area contributed by atoms with E-state index in [-0.39, 0.29) is 0 Å². The van der Waals surface area contributed by atoms with Crippen LogP contribution in [0, 0.1) is 17.3 Å². The molecule has 1 aromatic heterocycles. The molecule has 1 heterocycles. The fourth-order valence-electron chi connectivity index (χ4n) is 4.01. The Morgan fingerprint density at radius 3 is 2.62 bits per heavy atom. The minimum atomic E-state index is 0.553. The summed E-state index contributed by atoms with van der Waals surface area (Å²) >= 11 is 3.41. The maximum atomic E-state index is 4.37. The summed E-state index contributed by atoms with van der Waals surface area (Å²) in [4.78, 5) is 4.37. The van der Waals surface area contributed by atoms with Gasteiger partial charge in [-0.15, -0.1) is 0 Å². The van der Waals surface area contributed by atoms with Crippen molar-refractivity contribution < 1.29 is 0 Å². The van der Waals surface area contributed by atoms with E-state index in [4.69, 9.17) is 0 Å². The molecule has 0 aliphatic heterocycles. The SMILES string of the molecule is CC1(C)C2CCC1[C@@H](c1ccc(Br)nc1)C2. The van der Waals surface area contributed by atoms with Crippen molar-refractivity contribution >= 4 is 15.9 Å². The maximum absolute atomic E-state index is 4.37. The molecule has 2 heteroatoms. The highest BCUT2D eigenvalue weighted by atomic mass is 79.9. The van der Waals surface area contributed by atoms with Crippen molar-refractivity contribution in [3.8, 4) is 0 Å². The van der Waals surface area contributed by atoms with Crippen LogP contribution in [0.25, 0.3) is 0 Å². The third-order valence-electron chi connectivity index (χ3n) is 5.04. The molecule has 2 aliphatic carbocycles. The summed E-state index contributed by atoms with van der Waals surface area (Å²) in [5, 5.41) is 0. The first-order chi connectivity index (χ1) is 7.59. The lowest BCUT2D eigenvalue weighted by Crippen LogP contribution is -2.18. The fourth-order valence-corrected chi connectivity index (χ4v) is 4.25. The molecule has 2 unspecified atom stereocenters. The highest BCUT2D eigenvalue weighted by Crippen LogP contribution is 2.63. The molecule has 0 saturated heterocycles. The van der Waals surface area contributed by atoms with Crippen LogP contribution < -0.4 is 0 Å². The third-order valence-corrected chi connectivity index (χ3v) is 5.51. The van der Waals surface area contributed by atoms with Crippen LogP contribution >= 0.6 is 15.9 Å². The molecule has 1 nitrogen and oxygen atoms in total. The third kappa shape index (κ3) is 1.46. The average Bonchev–Trinajstić information content (AvgIpc) is 2.68. The van der Waals surface area contributed by atoms with E-state index < -0.39 is 0 Å². The Morgan fingerprint density at radius 2 is 2.12 bits per heavy atom. The van der Waals surface area contributed by atoms with Crippen LogP contribution in [0.4, 0.5) is 0 Å². The lowest BCUT2D eigenvalue weighted by molar-refractivity contribution is 0.253. The maximum Gasteiger partial charge on any atom is 0.106 e. The molecule has 2 aliphatic rings. The van der Waals surface area contributed by atoms with Gasteiger partial charge >= 0.3 is 0 Å². The topological polar surface area (TPSA) is 12.9 Å². The van der Waals surface area contributed by atoms with E-state index in [9.17, 15) is 0 Å². The Bertz CT molecular complexity index is 396. The predicted molar refractivity (Wildman–Crippen MR) is 69.3 cm³/mol. The van der Waals surface area contributed by atoms with E-state index >= 15 is 0 Å². The molecule has 3 rings (SSSR count). The smallest absolute Gasteiger partial charge is 0.106 e. The van der Waals surface area contributed by atoms with E-state index in [2.05, 4.69) is 53.1 Å². The fraction of sp³-hybridized carbons (Fsp3) is 0.643. The van der Waals surface area contributed by atoms with Gasteiger partial charge in [0.25, 0.3) is 0 Å². The van der Waals surface area contributed by atoms with E-state index in [0.29, 0.717) is 5.41 Å². The van der Waals surface area contributed by atoms with E-state index in [1.54, 1.807) is 0 Å². The molecule has 0 spiro atoms. The lowest BCUT2D eigenvalue weighted by Gasteiger charge is -2.26. The van der Waals surface area contributed by atoms with Gasteiger partial charge in [-0.1, -0.05) is 19.9 Å². The van der Waals surface area contributed by atoms with Crippen LogP contribution in [0.1, 0.15) is 44.6 Å². The molecule has 1 aromatic rings. The minimum absolute atomic E-state index is 0.553. The molecule has 2 saturated carbocycles.